The summed E-state index contributed by atoms with van der Waals surface area (Å²) in [5.74, 6) is 0. The van der Waals surface area contributed by atoms with Crippen LogP contribution in [0.2, 0.25) is 0 Å². The molecule has 0 unspecified atom stereocenters. The Morgan fingerprint density at radius 2 is 2.17 bits per heavy atom. The second-order valence-electron chi connectivity index (χ2n) is 5.32. The van der Waals surface area contributed by atoms with Gasteiger partial charge in [0.2, 0.25) is 0 Å². The molecule has 92 valence electrons. The lowest BCUT2D eigenvalue weighted by Gasteiger charge is -2.27. The van der Waals surface area contributed by atoms with Crippen LogP contribution in [0.25, 0.3) is 11.3 Å². The summed E-state index contributed by atoms with van der Waals surface area (Å²) in [6.45, 7) is 0.747. The van der Waals surface area contributed by atoms with E-state index >= 15 is 0 Å². The Bertz CT molecular complexity index is 599. The smallest absolute Gasteiger partial charge is 0.0733 e. The molecule has 0 amide bonds. The van der Waals surface area contributed by atoms with Crippen LogP contribution in [-0.2, 0) is 17.8 Å². The van der Waals surface area contributed by atoms with E-state index in [9.17, 15) is 0 Å². The van der Waals surface area contributed by atoms with Crippen molar-refractivity contribution < 1.29 is 4.74 Å². The molecule has 1 N–H and O–H groups in total. The van der Waals surface area contributed by atoms with Crippen LogP contribution in [0.3, 0.4) is 0 Å². The third-order valence-corrected chi connectivity index (χ3v) is 4.50. The molecule has 1 saturated carbocycles. The van der Waals surface area contributed by atoms with Crippen molar-refractivity contribution in [2.75, 3.05) is 0 Å². The maximum atomic E-state index is 6.05. The van der Waals surface area contributed by atoms with Crippen LogP contribution >= 0.6 is 15.9 Å². The number of nitrogens with one attached hydrogen (secondary N) is 1. The first kappa shape index (κ1) is 10.8. The summed E-state index contributed by atoms with van der Waals surface area (Å²) < 4.78 is 7.21. The Morgan fingerprint density at radius 3 is 2.89 bits per heavy atom. The number of benzene rings is 1. The highest BCUT2D eigenvalue weighted by atomic mass is 79.9. The Kier molecular flexibility index (Phi) is 2.24. The maximum absolute atomic E-state index is 6.05. The molecule has 3 heteroatoms. The lowest BCUT2D eigenvalue weighted by molar-refractivity contribution is 0.00845. The fraction of sp³-hybridized carbons (Fsp3) is 0.333. The fourth-order valence-corrected chi connectivity index (χ4v) is 3.35. The average Bonchev–Trinajstić information content (AvgIpc) is 2.92. The van der Waals surface area contributed by atoms with Crippen LogP contribution in [0.4, 0.5) is 0 Å². The Morgan fingerprint density at radius 1 is 1.28 bits per heavy atom. The molecule has 18 heavy (non-hydrogen) atoms. The SMILES string of the molecule is Brc1cc2c(c(-c3ccc[nH]3)c1)COC1(CC1)C2. The van der Waals surface area contributed by atoms with Gasteiger partial charge in [-0.05, 0) is 48.2 Å². The fourth-order valence-electron chi connectivity index (χ4n) is 2.84. The number of aromatic nitrogens is 1. The van der Waals surface area contributed by atoms with E-state index in [4.69, 9.17) is 4.74 Å². The van der Waals surface area contributed by atoms with Gasteiger partial charge < -0.3 is 9.72 Å². The minimum atomic E-state index is 0.181. The summed E-state index contributed by atoms with van der Waals surface area (Å²) in [6, 6.07) is 8.58. The first-order valence-corrected chi connectivity index (χ1v) is 7.14. The number of aromatic amines is 1. The molecule has 1 spiro atoms. The lowest BCUT2D eigenvalue weighted by Crippen LogP contribution is -2.24. The molecule has 1 fully saturated rings. The van der Waals surface area contributed by atoms with Crippen LogP contribution in [0.5, 0.6) is 0 Å². The number of H-pyrrole nitrogens is 1. The summed E-state index contributed by atoms with van der Waals surface area (Å²) in [5.41, 5.74) is 5.40. The summed E-state index contributed by atoms with van der Waals surface area (Å²) in [4.78, 5) is 3.29. The summed E-state index contributed by atoms with van der Waals surface area (Å²) in [5, 5.41) is 0. The minimum absolute atomic E-state index is 0.181. The van der Waals surface area contributed by atoms with E-state index in [0.717, 1.165) is 17.5 Å². The highest BCUT2D eigenvalue weighted by molar-refractivity contribution is 9.10. The molecule has 2 aliphatic rings. The zero-order chi connectivity index (χ0) is 12.2. The summed E-state index contributed by atoms with van der Waals surface area (Å²) in [7, 11) is 0. The topological polar surface area (TPSA) is 25.0 Å². The lowest BCUT2D eigenvalue weighted by atomic mass is 9.92. The van der Waals surface area contributed by atoms with E-state index in [0.29, 0.717) is 0 Å². The van der Waals surface area contributed by atoms with E-state index in [1.807, 2.05) is 12.3 Å². The van der Waals surface area contributed by atoms with Crippen LogP contribution < -0.4 is 0 Å². The van der Waals surface area contributed by atoms with Gasteiger partial charge in [0.15, 0.2) is 0 Å². The van der Waals surface area contributed by atoms with Gasteiger partial charge in [-0.2, -0.15) is 0 Å². The van der Waals surface area contributed by atoms with Gasteiger partial charge in [0, 0.05) is 28.3 Å². The van der Waals surface area contributed by atoms with Crippen molar-refractivity contribution in [3.8, 4) is 11.3 Å². The monoisotopic (exact) mass is 303 g/mol. The van der Waals surface area contributed by atoms with Gasteiger partial charge in [-0.25, -0.2) is 0 Å². The first-order valence-electron chi connectivity index (χ1n) is 6.35. The van der Waals surface area contributed by atoms with E-state index in [2.05, 4.69) is 39.1 Å². The van der Waals surface area contributed by atoms with E-state index in [1.54, 1.807) is 0 Å². The summed E-state index contributed by atoms with van der Waals surface area (Å²) >= 11 is 3.63. The molecule has 2 aromatic rings. The molecule has 0 atom stereocenters. The molecule has 4 rings (SSSR count). The highest BCUT2D eigenvalue weighted by Gasteiger charge is 2.46. The molecule has 0 radical (unpaired) electrons. The molecule has 0 bridgehead atoms. The van der Waals surface area contributed by atoms with Crippen molar-refractivity contribution in [1.82, 2.24) is 4.98 Å². The van der Waals surface area contributed by atoms with Gasteiger partial charge in [0.05, 0.1) is 12.2 Å². The third kappa shape index (κ3) is 1.65. The van der Waals surface area contributed by atoms with E-state index < -0.39 is 0 Å². The molecule has 1 aromatic heterocycles. The van der Waals surface area contributed by atoms with Crippen LogP contribution in [0.1, 0.15) is 24.0 Å². The Hall–Kier alpha value is -1.06. The quantitative estimate of drug-likeness (QED) is 0.845. The normalized spacial score (nSPS) is 19.8. The average molecular weight is 304 g/mol. The number of halogens is 1. The number of hydrogen-bond acceptors (Lipinski definition) is 1. The van der Waals surface area contributed by atoms with Crippen LogP contribution in [-0.4, -0.2) is 10.6 Å². The van der Waals surface area contributed by atoms with Gasteiger partial charge in [0.25, 0.3) is 0 Å². The Balaban J connectivity index is 1.87. The third-order valence-electron chi connectivity index (χ3n) is 4.04. The molecule has 1 aliphatic carbocycles. The minimum Gasteiger partial charge on any atom is -0.370 e. The van der Waals surface area contributed by atoms with Gasteiger partial charge in [0.1, 0.15) is 0 Å². The van der Waals surface area contributed by atoms with E-state index in [1.165, 1.54) is 35.2 Å². The molecule has 2 nitrogen and oxygen atoms in total. The second kappa shape index (κ2) is 3.72. The largest absolute Gasteiger partial charge is 0.370 e. The van der Waals surface area contributed by atoms with Gasteiger partial charge in [-0.1, -0.05) is 15.9 Å². The number of rotatable bonds is 1. The van der Waals surface area contributed by atoms with Crippen molar-refractivity contribution >= 4 is 15.9 Å². The maximum Gasteiger partial charge on any atom is 0.0733 e. The van der Waals surface area contributed by atoms with Crippen molar-refractivity contribution in [3.63, 3.8) is 0 Å². The number of fused-ring (bicyclic) bond motifs is 1. The predicted octanol–water partition coefficient (Wildman–Crippen LogP) is 4.05. The van der Waals surface area contributed by atoms with Gasteiger partial charge in [-0.3, -0.25) is 0 Å². The highest BCUT2D eigenvalue weighted by Crippen LogP contribution is 2.48. The molecule has 0 saturated heterocycles. The van der Waals surface area contributed by atoms with Crippen molar-refractivity contribution in [1.29, 1.82) is 0 Å². The van der Waals surface area contributed by atoms with Crippen molar-refractivity contribution in [2.24, 2.45) is 0 Å². The zero-order valence-corrected chi connectivity index (χ0v) is 11.6. The number of ether oxygens (including phenoxy) is 1. The van der Waals surface area contributed by atoms with Gasteiger partial charge in [-0.15, -0.1) is 0 Å². The Labute approximate surface area is 114 Å². The molecule has 1 aliphatic heterocycles. The molecular formula is C15H14BrNO. The zero-order valence-electron chi connectivity index (χ0n) is 10.0. The van der Waals surface area contributed by atoms with Crippen LogP contribution in [0, 0.1) is 0 Å². The van der Waals surface area contributed by atoms with Crippen molar-refractivity contribution in [3.05, 3.63) is 46.1 Å². The number of hydrogen-bond donors (Lipinski definition) is 1. The summed E-state index contributed by atoms with van der Waals surface area (Å²) in [6.07, 6.45) is 5.47. The molecule has 1 aromatic carbocycles. The molecule has 2 heterocycles. The van der Waals surface area contributed by atoms with Gasteiger partial charge >= 0.3 is 0 Å². The van der Waals surface area contributed by atoms with E-state index in [-0.39, 0.29) is 5.60 Å². The first-order chi connectivity index (χ1) is 8.76. The standard InChI is InChI=1S/C15H14BrNO/c16-11-6-10-8-15(3-4-15)18-9-13(10)12(7-11)14-2-1-5-17-14/h1-2,5-7,17H,3-4,8-9H2. The van der Waals surface area contributed by atoms with Crippen molar-refractivity contribution in [2.45, 2.75) is 31.5 Å². The predicted molar refractivity (Wildman–Crippen MR) is 74.4 cm³/mol. The second-order valence-corrected chi connectivity index (χ2v) is 6.24. The molecular weight excluding hydrogens is 290 g/mol. The van der Waals surface area contributed by atoms with Crippen LogP contribution in [0.15, 0.2) is 34.9 Å².